The summed E-state index contributed by atoms with van der Waals surface area (Å²) in [7, 11) is -4.18. The molecule has 0 radical (unpaired) electrons. The van der Waals surface area contributed by atoms with Gasteiger partial charge in [0.2, 0.25) is 10.0 Å². The Balaban J connectivity index is 3.15. The van der Waals surface area contributed by atoms with Gasteiger partial charge in [0, 0.05) is 0 Å². The lowest BCUT2D eigenvalue weighted by molar-refractivity contribution is 0.540. The topological polar surface area (TPSA) is 72.2 Å². The van der Waals surface area contributed by atoms with Crippen LogP contribution in [0.1, 0.15) is 19.8 Å². The molecule has 0 aliphatic rings. The number of rotatable bonds is 5. The molecule has 1 rings (SSSR count). The van der Waals surface area contributed by atoms with Crippen LogP contribution in [0.3, 0.4) is 0 Å². The van der Waals surface area contributed by atoms with Gasteiger partial charge < -0.3 is 5.73 Å². The fourth-order valence-corrected chi connectivity index (χ4v) is 2.75. The first-order valence-electron chi connectivity index (χ1n) is 5.55. The summed E-state index contributed by atoms with van der Waals surface area (Å²) in [5.74, 6) is -0.0787. The van der Waals surface area contributed by atoms with Crippen LogP contribution >= 0.6 is 0 Å². The van der Waals surface area contributed by atoms with Gasteiger partial charge >= 0.3 is 0 Å². The van der Waals surface area contributed by atoms with Gasteiger partial charge in [0.15, 0.2) is 5.82 Å². The number of hydrogen-bond donors (Lipinski definition) is 2. The van der Waals surface area contributed by atoms with E-state index in [9.17, 15) is 17.2 Å². The van der Waals surface area contributed by atoms with Gasteiger partial charge in [0.25, 0.3) is 0 Å². The van der Waals surface area contributed by atoms with Gasteiger partial charge in [-0.05, 0) is 18.6 Å². The second-order valence-electron chi connectivity index (χ2n) is 3.90. The number of anilines is 1. The quantitative estimate of drug-likeness (QED) is 0.639. The highest BCUT2D eigenvalue weighted by molar-refractivity contribution is 7.89. The molecule has 0 fully saturated rings. The van der Waals surface area contributed by atoms with E-state index in [1.54, 1.807) is 0 Å². The average molecular weight is 288 g/mol. The maximum Gasteiger partial charge on any atom is 0.244 e. The highest BCUT2D eigenvalue weighted by Gasteiger charge is 2.24. The van der Waals surface area contributed by atoms with Gasteiger partial charge in [-0.1, -0.05) is 19.3 Å². The summed E-state index contributed by atoms with van der Waals surface area (Å²) in [5.41, 5.74) is 4.28. The van der Waals surface area contributed by atoms with Crippen LogP contribution in [0.25, 0.3) is 0 Å². The van der Waals surface area contributed by atoms with Crippen molar-refractivity contribution in [2.24, 2.45) is 0 Å². The summed E-state index contributed by atoms with van der Waals surface area (Å²) < 4.78 is 52.7. The van der Waals surface area contributed by atoms with E-state index >= 15 is 0 Å². The third kappa shape index (κ3) is 3.43. The summed E-state index contributed by atoms with van der Waals surface area (Å²) in [5, 5.41) is 0. The summed E-state index contributed by atoms with van der Waals surface area (Å²) in [6.45, 7) is 1.83. The summed E-state index contributed by atoms with van der Waals surface area (Å²) in [6, 6.07) is 0.848. The van der Waals surface area contributed by atoms with E-state index in [1.807, 2.05) is 6.92 Å². The smallest absolute Gasteiger partial charge is 0.244 e. The number of halogens is 2. The van der Waals surface area contributed by atoms with E-state index in [1.165, 1.54) is 0 Å². The van der Waals surface area contributed by atoms with Crippen LogP contribution in [0.5, 0.6) is 0 Å². The van der Waals surface area contributed by atoms with E-state index in [2.05, 4.69) is 10.6 Å². The third-order valence-corrected chi connectivity index (χ3v) is 3.95. The van der Waals surface area contributed by atoms with Crippen molar-refractivity contribution < 1.29 is 17.2 Å². The van der Waals surface area contributed by atoms with Crippen LogP contribution in [-0.4, -0.2) is 14.5 Å². The Morgan fingerprint density at radius 2 is 2.11 bits per heavy atom. The van der Waals surface area contributed by atoms with Crippen molar-refractivity contribution >= 4 is 15.7 Å². The van der Waals surface area contributed by atoms with E-state index < -0.39 is 38.3 Å². The molecule has 19 heavy (non-hydrogen) atoms. The zero-order chi connectivity index (χ0) is 14.6. The predicted molar refractivity (Wildman–Crippen MR) is 68.6 cm³/mol. The molecule has 1 aromatic rings. The molecule has 0 aliphatic heterocycles. The van der Waals surface area contributed by atoms with Crippen molar-refractivity contribution in [1.82, 2.24) is 4.72 Å². The number of hydrogen-bond acceptors (Lipinski definition) is 3. The van der Waals surface area contributed by atoms with Gasteiger partial charge in [-0.25, -0.2) is 17.2 Å². The largest absolute Gasteiger partial charge is 0.394 e. The average Bonchev–Trinajstić information content (AvgIpc) is 2.34. The van der Waals surface area contributed by atoms with Crippen molar-refractivity contribution in [2.75, 3.05) is 5.73 Å². The van der Waals surface area contributed by atoms with Crippen molar-refractivity contribution in [3.63, 3.8) is 0 Å². The lowest BCUT2D eigenvalue weighted by atomic mass is 10.2. The van der Waals surface area contributed by atoms with Gasteiger partial charge in [-0.15, -0.1) is 6.42 Å². The highest BCUT2D eigenvalue weighted by Crippen LogP contribution is 2.22. The molecular formula is C12H14F2N2O2S. The second kappa shape index (κ2) is 5.99. The van der Waals surface area contributed by atoms with Crippen molar-refractivity contribution in [3.05, 3.63) is 23.8 Å². The van der Waals surface area contributed by atoms with Crippen molar-refractivity contribution in [1.29, 1.82) is 0 Å². The summed E-state index contributed by atoms with van der Waals surface area (Å²) in [6.07, 6.45) is 6.25. The monoisotopic (exact) mass is 288 g/mol. The van der Waals surface area contributed by atoms with Crippen LogP contribution < -0.4 is 10.5 Å². The molecular weight excluding hydrogens is 274 g/mol. The third-order valence-electron chi connectivity index (χ3n) is 2.46. The van der Waals surface area contributed by atoms with Crippen LogP contribution in [0.2, 0.25) is 0 Å². The molecule has 104 valence electrons. The number of nitrogens with one attached hydrogen (secondary N) is 1. The first-order valence-corrected chi connectivity index (χ1v) is 7.03. The SMILES string of the molecule is C#CC(CCC)NS(=O)(=O)c1ccc(F)c(N)c1F. The highest BCUT2D eigenvalue weighted by atomic mass is 32.2. The van der Waals surface area contributed by atoms with Crippen LogP contribution in [-0.2, 0) is 10.0 Å². The number of benzene rings is 1. The van der Waals surface area contributed by atoms with Crippen molar-refractivity contribution in [2.45, 2.75) is 30.7 Å². The first-order chi connectivity index (χ1) is 8.83. The molecule has 4 nitrogen and oxygen atoms in total. The standard InChI is InChI=1S/C12H14F2N2O2S/c1-3-5-8(4-2)16-19(17,18)10-7-6-9(13)12(15)11(10)14/h2,6-8,16H,3,5,15H2,1H3. The zero-order valence-corrected chi connectivity index (χ0v) is 11.1. The molecule has 3 N–H and O–H groups in total. The van der Waals surface area contributed by atoms with Gasteiger partial charge in [-0.2, -0.15) is 4.72 Å². The Morgan fingerprint density at radius 3 is 2.63 bits per heavy atom. The zero-order valence-electron chi connectivity index (χ0n) is 10.3. The van der Waals surface area contributed by atoms with Gasteiger partial charge in [0.05, 0.1) is 6.04 Å². The number of nitrogens with two attached hydrogens (primary N) is 1. The Morgan fingerprint density at radius 1 is 1.47 bits per heavy atom. The van der Waals surface area contributed by atoms with Gasteiger partial charge in [0.1, 0.15) is 16.4 Å². The molecule has 1 atom stereocenters. The number of nitrogen functional groups attached to an aromatic ring is 1. The maximum atomic E-state index is 13.7. The summed E-state index contributed by atoms with van der Waals surface area (Å²) in [4.78, 5) is -0.720. The molecule has 0 bridgehead atoms. The maximum absolute atomic E-state index is 13.7. The molecule has 7 heteroatoms. The number of terminal acetylenes is 1. The van der Waals surface area contributed by atoms with E-state index in [0.29, 0.717) is 12.8 Å². The fourth-order valence-electron chi connectivity index (χ4n) is 1.47. The lowest BCUT2D eigenvalue weighted by Crippen LogP contribution is -2.34. The second-order valence-corrected chi connectivity index (χ2v) is 5.58. The Hall–Kier alpha value is -1.65. The van der Waals surface area contributed by atoms with Crippen LogP contribution in [0, 0.1) is 24.0 Å². The Labute approximate surface area is 111 Å². The molecule has 0 amide bonds. The fraction of sp³-hybridized carbons (Fsp3) is 0.333. The lowest BCUT2D eigenvalue weighted by Gasteiger charge is -2.13. The van der Waals surface area contributed by atoms with Crippen LogP contribution in [0.15, 0.2) is 17.0 Å². The Bertz CT molecular complexity index is 609. The van der Waals surface area contributed by atoms with E-state index in [-0.39, 0.29) is 0 Å². The minimum absolute atomic E-state index is 0.411. The molecule has 1 unspecified atom stereocenters. The molecule has 0 saturated carbocycles. The molecule has 0 aliphatic carbocycles. The molecule has 1 aromatic carbocycles. The molecule has 0 aromatic heterocycles. The first kappa shape index (κ1) is 15.4. The van der Waals surface area contributed by atoms with E-state index in [0.717, 1.165) is 12.1 Å². The summed E-state index contributed by atoms with van der Waals surface area (Å²) >= 11 is 0. The molecule has 0 spiro atoms. The molecule has 0 heterocycles. The van der Waals surface area contributed by atoms with E-state index in [4.69, 9.17) is 12.2 Å². The minimum Gasteiger partial charge on any atom is -0.394 e. The molecule has 0 saturated heterocycles. The minimum atomic E-state index is -4.18. The number of sulfonamides is 1. The van der Waals surface area contributed by atoms with Gasteiger partial charge in [-0.3, -0.25) is 0 Å². The van der Waals surface area contributed by atoms with Crippen molar-refractivity contribution in [3.8, 4) is 12.3 Å². The van der Waals surface area contributed by atoms with Crippen LogP contribution in [0.4, 0.5) is 14.5 Å². The Kier molecular flexibility index (Phi) is 4.86. The predicted octanol–water partition coefficient (Wildman–Crippen LogP) is 1.63. The normalized spacial score (nSPS) is 12.9.